The maximum absolute atomic E-state index is 11.3. The molecule has 1 atom stereocenters. The smallest absolute Gasteiger partial charge is 0.332 e. The first kappa shape index (κ1) is 19.3. The van der Waals surface area contributed by atoms with Crippen molar-refractivity contribution in [1.29, 1.82) is 0 Å². The molecule has 103 valence electrons. The Balaban J connectivity index is 0.00000361. The van der Waals surface area contributed by atoms with Crippen LogP contribution in [0.1, 0.15) is 25.5 Å². The molecule has 0 saturated heterocycles. The van der Waals surface area contributed by atoms with Gasteiger partial charge >= 0.3 is 11.9 Å². The van der Waals surface area contributed by atoms with Gasteiger partial charge in [-0.05, 0) is 19.4 Å². The molecule has 5 nitrogen and oxygen atoms in total. The van der Waals surface area contributed by atoms with E-state index in [2.05, 4.69) is 5.32 Å². The number of ether oxygens (including phenoxy) is 1. The fourth-order valence-corrected chi connectivity index (χ4v) is 1.56. The van der Waals surface area contributed by atoms with Crippen LogP contribution in [0, 0.1) is 0 Å². The zero-order chi connectivity index (χ0) is 14.3. The number of hydrogen-bond acceptors (Lipinski definition) is 4. The van der Waals surface area contributed by atoms with Crippen molar-refractivity contribution in [2.75, 3.05) is 6.61 Å². The summed E-state index contributed by atoms with van der Waals surface area (Å²) in [5.41, 5.74) is 1.06. The van der Waals surface area contributed by atoms with Gasteiger partial charge in [-0.15, -0.1) is 0 Å². The number of allylic oxidation sites excluding steroid dienone is 1. The molecule has 0 aromatic heterocycles. The second-order valence-corrected chi connectivity index (χ2v) is 3.91. The van der Waals surface area contributed by atoms with Crippen molar-refractivity contribution in [2.45, 2.75) is 19.9 Å². The van der Waals surface area contributed by atoms with Crippen LogP contribution in [0.2, 0.25) is 0 Å². The van der Waals surface area contributed by atoms with Gasteiger partial charge in [-0.2, -0.15) is 0 Å². The van der Waals surface area contributed by atoms with Crippen LogP contribution < -0.4 is 5.32 Å². The molecular weight excluding hydrogens is 285 g/mol. The number of carbonyl (C=O) groups excluding carboxylic acids is 1. The van der Waals surface area contributed by atoms with Gasteiger partial charge in [-0.25, -0.2) is 9.59 Å². The molecule has 0 unspecified atom stereocenters. The summed E-state index contributed by atoms with van der Waals surface area (Å²) in [4.78, 5) is 22.5. The minimum atomic E-state index is -1.01. The first-order valence-corrected chi connectivity index (χ1v) is 5.94. The number of carboxylic acids is 1. The van der Waals surface area contributed by atoms with E-state index >= 15 is 0 Å². The zero-order valence-corrected chi connectivity index (χ0v) is 15.0. The van der Waals surface area contributed by atoms with Crippen molar-refractivity contribution >= 4 is 63.3 Å². The predicted octanol–water partition coefficient (Wildman–Crippen LogP) is 1.49. The van der Waals surface area contributed by atoms with Gasteiger partial charge in [0, 0.05) is 63.2 Å². The topological polar surface area (TPSA) is 75.6 Å². The normalized spacial score (nSPS) is 12.0. The number of carbonyl (C=O) groups is 2. The summed E-state index contributed by atoms with van der Waals surface area (Å²) in [6.07, 6.45) is 1.24. The Morgan fingerprint density at radius 1 is 1.35 bits per heavy atom. The van der Waals surface area contributed by atoms with Crippen molar-refractivity contribution in [2.24, 2.45) is 0 Å². The standard InChI is InChI=1S/C14H17NO4.K/c1-3-19-12(16)9-10(2)15-13(14(17)18)11-7-5-4-6-8-11;/h4-9,13,15H,3H2,1-2H3,(H,17,18);/b10-9+;/t13-;/m1./s1. The first-order valence-electron chi connectivity index (χ1n) is 5.94. The van der Waals surface area contributed by atoms with Crippen LogP contribution in [0.3, 0.4) is 0 Å². The number of nitrogens with one attached hydrogen (secondary N) is 1. The number of hydrogen-bond donors (Lipinski definition) is 2. The number of benzene rings is 1. The Labute approximate surface area is 160 Å². The fourth-order valence-electron chi connectivity index (χ4n) is 1.56. The summed E-state index contributed by atoms with van der Waals surface area (Å²) in [6.45, 7) is 3.61. The van der Waals surface area contributed by atoms with E-state index in [-0.39, 0.29) is 58.0 Å². The van der Waals surface area contributed by atoms with E-state index in [4.69, 9.17) is 4.74 Å². The molecular formula is C14H17KNO4. The average Bonchev–Trinajstić information content (AvgIpc) is 2.37. The van der Waals surface area contributed by atoms with E-state index in [1.165, 1.54) is 6.08 Å². The van der Waals surface area contributed by atoms with Crippen LogP contribution in [0.15, 0.2) is 42.1 Å². The number of aliphatic carboxylic acids is 1. The molecule has 1 aromatic rings. The van der Waals surface area contributed by atoms with E-state index in [0.29, 0.717) is 11.3 Å². The minimum absolute atomic E-state index is 0. The number of carboxylic acid groups (broad SMARTS) is 1. The largest absolute Gasteiger partial charge is 0.479 e. The third-order valence-electron chi connectivity index (χ3n) is 2.37. The van der Waals surface area contributed by atoms with Gasteiger partial charge in [-0.3, -0.25) is 0 Å². The molecule has 6 heteroatoms. The van der Waals surface area contributed by atoms with E-state index in [0.717, 1.165) is 0 Å². The average molecular weight is 302 g/mol. The van der Waals surface area contributed by atoms with Gasteiger partial charge in [0.05, 0.1) is 6.61 Å². The van der Waals surface area contributed by atoms with Crippen LogP contribution in [0.25, 0.3) is 0 Å². The Hall–Kier alpha value is -0.664. The molecule has 0 spiro atoms. The molecule has 0 fully saturated rings. The molecule has 0 heterocycles. The summed E-state index contributed by atoms with van der Waals surface area (Å²) >= 11 is 0. The Morgan fingerprint density at radius 2 is 1.95 bits per heavy atom. The van der Waals surface area contributed by atoms with Crippen molar-refractivity contribution in [1.82, 2.24) is 5.32 Å². The van der Waals surface area contributed by atoms with Gasteiger partial charge < -0.3 is 15.2 Å². The first-order chi connectivity index (χ1) is 9.04. The molecule has 20 heavy (non-hydrogen) atoms. The molecule has 2 N–H and O–H groups in total. The Kier molecular flexibility index (Phi) is 9.78. The predicted molar refractivity (Wildman–Crippen MR) is 76.1 cm³/mol. The molecule has 0 amide bonds. The van der Waals surface area contributed by atoms with Crippen molar-refractivity contribution < 1.29 is 19.4 Å². The van der Waals surface area contributed by atoms with Crippen LogP contribution >= 0.6 is 0 Å². The van der Waals surface area contributed by atoms with Crippen LogP contribution in [0.5, 0.6) is 0 Å². The van der Waals surface area contributed by atoms with E-state index in [9.17, 15) is 14.7 Å². The molecule has 0 bridgehead atoms. The molecule has 1 aromatic carbocycles. The van der Waals surface area contributed by atoms with Crippen LogP contribution in [-0.2, 0) is 14.3 Å². The number of rotatable bonds is 6. The maximum atomic E-state index is 11.3. The van der Waals surface area contributed by atoms with Crippen LogP contribution in [0.4, 0.5) is 0 Å². The molecule has 1 radical (unpaired) electrons. The van der Waals surface area contributed by atoms with Crippen molar-refractivity contribution in [3.05, 3.63) is 47.7 Å². The maximum Gasteiger partial charge on any atom is 0.332 e. The van der Waals surface area contributed by atoms with Crippen molar-refractivity contribution in [3.8, 4) is 0 Å². The van der Waals surface area contributed by atoms with Gasteiger partial charge in [0.25, 0.3) is 0 Å². The zero-order valence-electron chi connectivity index (χ0n) is 11.9. The second-order valence-electron chi connectivity index (χ2n) is 3.91. The summed E-state index contributed by atoms with van der Waals surface area (Å²) in [7, 11) is 0. The second kappa shape index (κ2) is 10.1. The molecule has 0 aliphatic rings. The van der Waals surface area contributed by atoms with E-state index < -0.39 is 18.0 Å². The van der Waals surface area contributed by atoms with E-state index in [1.54, 1.807) is 38.1 Å². The van der Waals surface area contributed by atoms with Gasteiger partial charge in [-0.1, -0.05) is 30.3 Å². The third kappa shape index (κ3) is 6.67. The Morgan fingerprint density at radius 3 is 2.45 bits per heavy atom. The number of esters is 1. The molecule has 0 saturated carbocycles. The van der Waals surface area contributed by atoms with Gasteiger partial charge in [0.2, 0.25) is 0 Å². The molecule has 0 aliphatic heterocycles. The molecule has 0 aliphatic carbocycles. The van der Waals surface area contributed by atoms with E-state index in [1.807, 2.05) is 6.07 Å². The quantitative estimate of drug-likeness (QED) is 0.473. The summed E-state index contributed by atoms with van der Waals surface area (Å²) in [5, 5.41) is 12.0. The van der Waals surface area contributed by atoms with Gasteiger partial charge in [0.1, 0.15) is 6.04 Å². The Bertz CT molecular complexity index is 473. The summed E-state index contributed by atoms with van der Waals surface area (Å²) in [6, 6.07) is 7.86. The third-order valence-corrected chi connectivity index (χ3v) is 2.37. The van der Waals surface area contributed by atoms with Gasteiger partial charge in [0.15, 0.2) is 0 Å². The molecule has 1 rings (SSSR count). The minimum Gasteiger partial charge on any atom is -0.479 e. The van der Waals surface area contributed by atoms with Crippen molar-refractivity contribution in [3.63, 3.8) is 0 Å². The monoisotopic (exact) mass is 302 g/mol. The summed E-state index contributed by atoms with van der Waals surface area (Å²) < 4.78 is 4.76. The van der Waals surface area contributed by atoms with Crippen LogP contribution in [-0.4, -0.2) is 75.0 Å². The summed E-state index contributed by atoms with van der Waals surface area (Å²) in [5.74, 6) is -1.51. The SMILES string of the molecule is CCOC(=O)/C=C(\C)N[C@@H](C(=O)O)c1ccccc1.[K]. The fraction of sp³-hybridized carbons (Fsp3) is 0.286.